The summed E-state index contributed by atoms with van der Waals surface area (Å²) in [6.45, 7) is 5.65. The molecule has 7 heteroatoms. The van der Waals surface area contributed by atoms with Gasteiger partial charge in [0.25, 0.3) is 0 Å². The summed E-state index contributed by atoms with van der Waals surface area (Å²) in [5.74, 6) is 0. The number of aryl methyl sites for hydroxylation is 2. The van der Waals surface area contributed by atoms with Gasteiger partial charge in [-0.2, -0.15) is 10.2 Å². The molecule has 3 aromatic heterocycles. The largest absolute Gasteiger partial charge is 0.380 e. The molecule has 0 radical (unpaired) electrons. The first-order valence-electron chi connectivity index (χ1n) is 8.97. The van der Waals surface area contributed by atoms with Crippen molar-refractivity contribution in [2.24, 2.45) is 7.05 Å². The fourth-order valence-electron chi connectivity index (χ4n) is 3.48. The van der Waals surface area contributed by atoms with Crippen molar-refractivity contribution in [3.63, 3.8) is 0 Å². The number of aliphatic hydroxyl groups excluding tert-OH is 1. The van der Waals surface area contributed by atoms with Gasteiger partial charge in [-0.25, -0.2) is 0 Å². The molecular weight excluding hydrogens is 328 g/mol. The lowest BCUT2D eigenvalue weighted by atomic mass is 10.1. The second-order valence-electron chi connectivity index (χ2n) is 6.86. The van der Waals surface area contributed by atoms with E-state index in [0.717, 1.165) is 55.4 Å². The number of aliphatic hydroxyl groups is 1. The third kappa shape index (κ3) is 3.40. The van der Waals surface area contributed by atoms with Crippen LogP contribution in [0.5, 0.6) is 0 Å². The van der Waals surface area contributed by atoms with Crippen LogP contribution in [0.15, 0.2) is 36.5 Å². The van der Waals surface area contributed by atoms with Crippen LogP contribution in [0.1, 0.15) is 34.6 Å². The fraction of sp³-hybridized carbons (Fsp3) is 0.421. The third-order valence-electron chi connectivity index (χ3n) is 4.95. The Morgan fingerprint density at radius 2 is 2.12 bits per heavy atom. The summed E-state index contributed by atoms with van der Waals surface area (Å²) in [4.78, 5) is 7.00. The van der Waals surface area contributed by atoms with Crippen LogP contribution >= 0.6 is 0 Å². The Hall–Kier alpha value is -2.51. The SMILES string of the molecule is Cc1cccc(CCN2CCn3nc([C@@H](O)c4ccnn4C)cc3C2)n1. The molecule has 1 aliphatic heterocycles. The van der Waals surface area contributed by atoms with E-state index in [9.17, 15) is 5.11 Å². The Kier molecular flexibility index (Phi) is 4.57. The van der Waals surface area contributed by atoms with E-state index in [4.69, 9.17) is 0 Å². The normalized spacial score (nSPS) is 15.8. The quantitative estimate of drug-likeness (QED) is 0.753. The topological polar surface area (TPSA) is 72.0 Å². The highest BCUT2D eigenvalue weighted by Gasteiger charge is 2.23. The van der Waals surface area contributed by atoms with Gasteiger partial charge in [0, 0.05) is 50.7 Å². The minimum Gasteiger partial charge on any atom is -0.380 e. The molecule has 0 fully saturated rings. The van der Waals surface area contributed by atoms with Gasteiger partial charge in [0.1, 0.15) is 6.10 Å². The summed E-state index contributed by atoms with van der Waals surface area (Å²) in [6.07, 6.45) is 1.89. The average molecular weight is 352 g/mol. The number of aromatic nitrogens is 5. The van der Waals surface area contributed by atoms with Crippen LogP contribution in [0.3, 0.4) is 0 Å². The molecule has 0 aromatic carbocycles. The molecule has 3 aromatic rings. The molecule has 136 valence electrons. The lowest BCUT2D eigenvalue weighted by Gasteiger charge is -2.27. The van der Waals surface area contributed by atoms with Crippen LogP contribution < -0.4 is 0 Å². The molecular formula is C19H24N6O. The summed E-state index contributed by atoms with van der Waals surface area (Å²) in [6, 6.07) is 10.0. The van der Waals surface area contributed by atoms with Gasteiger partial charge in [0.15, 0.2) is 0 Å². The van der Waals surface area contributed by atoms with E-state index in [1.165, 1.54) is 0 Å². The van der Waals surface area contributed by atoms with Crippen LogP contribution in [-0.2, 0) is 26.6 Å². The average Bonchev–Trinajstić information content (AvgIpc) is 3.25. The number of fused-ring (bicyclic) bond motifs is 1. The Morgan fingerprint density at radius 3 is 2.88 bits per heavy atom. The van der Waals surface area contributed by atoms with Crippen molar-refractivity contribution in [3.05, 3.63) is 65.0 Å². The number of pyridine rings is 1. The summed E-state index contributed by atoms with van der Waals surface area (Å²) in [5.41, 5.74) is 4.78. The standard InChI is InChI=1S/C19H24N6O/c1-14-4-3-5-15(21-14)7-9-24-10-11-25-16(13-24)12-17(22-25)19(26)18-6-8-20-23(18)2/h3-6,8,12,19,26H,7,9-11,13H2,1-2H3/t19-/m1/s1. The summed E-state index contributed by atoms with van der Waals surface area (Å²) >= 11 is 0. The van der Waals surface area contributed by atoms with E-state index in [1.807, 2.05) is 36.9 Å². The second-order valence-corrected chi connectivity index (χ2v) is 6.86. The zero-order chi connectivity index (χ0) is 18.1. The molecule has 0 spiro atoms. The Bertz CT molecular complexity index is 899. The number of rotatable bonds is 5. The first-order chi connectivity index (χ1) is 12.6. The monoisotopic (exact) mass is 352 g/mol. The maximum atomic E-state index is 10.6. The van der Waals surface area contributed by atoms with E-state index < -0.39 is 6.10 Å². The smallest absolute Gasteiger partial charge is 0.139 e. The Balaban J connectivity index is 1.42. The molecule has 1 atom stereocenters. The first kappa shape index (κ1) is 16.9. The lowest BCUT2D eigenvalue weighted by Crippen LogP contribution is -2.35. The van der Waals surface area contributed by atoms with E-state index in [0.29, 0.717) is 5.69 Å². The van der Waals surface area contributed by atoms with Gasteiger partial charge in [0.05, 0.1) is 23.6 Å². The van der Waals surface area contributed by atoms with Gasteiger partial charge >= 0.3 is 0 Å². The minimum absolute atomic E-state index is 0.686. The zero-order valence-corrected chi connectivity index (χ0v) is 15.2. The Morgan fingerprint density at radius 1 is 1.23 bits per heavy atom. The molecule has 4 heterocycles. The van der Waals surface area contributed by atoms with Crippen LogP contribution in [0, 0.1) is 6.92 Å². The molecule has 0 amide bonds. The number of hydrogen-bond donors (Lipinski definition) is 1. The van der Waals surface area contributed by atoms with E-state index >= 15 is 0 Å². The van der Waals surface area contributed by atoms with Gasteiger partial charge in [-0.05, 0) is 31.2 Å². The molecule has 0 bridgehead atoms. The van der Waals surface area contributed by atoms with Crippen LogP contribution in [0.4, 0.5) is 0 Å². The fourth-order valence-corrected chi connectivity index (χ4v) is 3.48. The van der Waals surface area contributed by atoms with Crippen molar-refractivity contribution >= 4 is 0 Å². The molecule has 0 saturated heterocycles. The molecule has 26 heavy (non-hydrogen) atoms. The molecule has 0 saturated carbocycles. The minimum atomic E-state index is -0.745. The number of nitrogens with zero attached hydrogens (tertiary/aromatic N) is 6. The third-order valence-corrected chi connectivity index (χ3v) is 4.95. The van der Waals surface area contributed by atoms with Gasteiger partial charge in [0.2, 0.25) is 0 Å². The van der Waals surface area contributed by atoms with Gasteiger partial charge < -0.3 is 5.11 Å². The van der Waals surface area contributed by atoms with Crippen molar-refractivity contribution in [2.45, 2.75) is 32.5 Å². The van der Waals surface area contributed by atoms with Gasteiger partial charge in [-0.3, -0.25) is 19.2 Å². The number of hydrogen-bond acceptors (Lipinski definition) is 5. The van der Waals surface area contributed by atoms with Crippen molar-refractivity contribution in [2.75, 3.05) is 13.1 Å². The molecule has 0 unspecified atom stereocenters. The van der Waals surface area contributed by atoms with E-state index in [-0.39, 0.29) is 0 Å². The highest BCUT2D eigenvalue weighted by molar-refractivity contribution is 5.22. The predicted molar refractivity (Wildman–Crippen MR) is 97.5 cm³/mol. The maximum absolute atomic E-state index is 10.6. The van der Waals surface area contributed by atoms with Crippen molar-refractivity contribution < 1.29 is 5.11 Å². The highest BCUT2D eigenvalue weighted by Crippen LogP contribution is 2.23. The zero-order valence-electron chi connectivity index (χ0n) is 15.2. The predicted octanol–water partition coefficient (Wildman–Crippen LogP) is 1.46. The summed E-state index contributed by atoms with van der Waals surface area (Å²) in [5, 5.41) is 19.3. The Labute approximate surface area is 152 Å². The summed E-state index contributed by atoms with van der Waals surface area (Å²) < 4.78 is 3.69. The van der Waals surface area contributed by atoms with Crippen molar-refractivity contribution in [1.82, 2.24) is 29.4 Å². The van der Waals surface area contributed by atoms with E-state index in [1.54, 1.807) is 10.9 Å². The van der Waals surface area contributed by atoms with Crippen LogP contribution in [-0.4, -0.2) is 47.6 Å². The molecule has 0 aliphatic carbocycles. The second kappa shape index (κ2) is 7.01. The van der Waals surface area contributed by atoms with Crippen LogP contribution in [0.25, 0.3) is 0 Å². The molecule has 1 aliphatic rings. The van der Waals surface area contributed by atoms with Crippen LogP contribution in [0.2, 0.25) is 0 Å². The first-order valence-corrected chi connectivity index (χ1v) is 8.97. The molecule has 4 rings (SSSR count). The highest BCUT2D eigenvalue weighted by atomic mass is 16.3. The van der Waals surface area contributed by atoms with Gasteiger partial charge in [-0.1, -0.05) is 6.07 Å². The summed E-state index contributed by atoms with van der Waals surface area (Å²) in [7, 11) is 1.83. The molecule has 1 N–H and O–H groups in total. The maximum Gasteiger partial charge on any atom is 0.139 e. The molecule has 7 nitrogen and oxygen atoms in total. The van der Waals surface area contributed by atoms with Crippen molar-refractivity contribution in [3.8, 4) is 0 Å². The van der Waals surface area contributed by atoms with Gasteiger partial charge in [-0.15, -0.1) is 0 Å². The van der Waals surface area contributed by atoms with Crippen molar-refractivity contribution in [1.29, 1.82) is 0 Å². The van der Waals surface area contributed by atoms with E-state index in [2.05, 4.69) is 32.2 Å². The lowest BCUT2D eigenvalue weighted by molar-refractivity contribution is 0.199.